The van der Waals surface area contributed by atoms with E-state index in [1.165, 1.54) is 36.9 Å². The van der Waals surface area contributed by atoms with Gasteiger partial charge in [-0.15, -0.1) is 0 Å². The molecule has 1 N–H and O–H groups in total. The van der Waals surface area contributed by atoms with E-state index in [2.05, 4.69) is 39.5 Å². The smallest absolute Gasteiger partial charge is 0.198 e. The van der Waals surface area contributed by atoms with Crippen molar-refractivity contribution in [2.75, 3.05) is 25.1 Å². The number of aliphatic imine (C=N–C) groups is 1. The van der Waals surface area contributed by atoms with Crippen molar-refractivity contribution in [3.8, 4) is 0 Å². The summed E-state index contributed by atoms with van der Waals surface area (Å²) in [6.45, 7) is 1.98. The van der Waals surface area contributed by atoms with Gasteiger partial charge in [-0.3, -0.25) is 4.99 Å². The van der Waals surface area contributed by atoms with Crippen molar-refractivity contribution in [2.24, 2.45) is 16.3 Å². The maximum absolute atomic E-state index is 6.04. The van der Waals surface area contributed by atoms with Crippen LogP contribution in [0.5, 0.6) is 0 Å². The minimum Gasteiger partial charge on any atom is -0.377 e. The molecule has 3 fully saturated rings. The average Bonchev–Trinajstić information content (AvgIpc) is 3.13. The molecule has 0 aromatic heterocycles. The first kappa shape index (κ1) is 13.8. The Labute approximate surface area is 137 Å². The number of nitrogens with one attached hydrogen (secondary N) is 1. The lowest BCUT2D eigenvalue weighted by Gasteiger charge is -2.63. The zero-order valence-electron chi connectivity index (χ0n) is 13.8. The van der Waals surface area contributed by atoms with Crippen molar-refractivity contribution < 1.29 is 4.74 Å². The minimum absolute atomic E-state index is 0.399. The Balaban J connectivity index is 1.39. The topological polar surface area (TPSA) is 36.9 Å². The van der Waals surface area contributed by atoms with E-state index >= 15 is 0 Å². The van der Waals surface area contributed by atoms with Gasteiger partial charge in [0.25, 0.3) is 0 Å². The molecule has 0 radical (unpaired) electrons. The minimum atomic E-state index is 0.399. The monoisotopic (exact) mass is 311 g/mol. The van der Waals surface area contributed by atoms with E-state index in [1.54, 1.807) is 0 Å². The molecule has 2 aliphatic carbocycles. The molecule has 0 amide bonds. The summed E-state index contributed by atoms with van der Waals surface area (Å²) in [5.74, 6) is 1.74. The van der Waals surface area contributed by atoms with E-state index in [-0.39, 0.29) is 0 Å². The summed E-state index contributed by atoms with van der Waals surface area (Å²) in [6, 6.07) is 9.27. The molecule has 122 valence electrons. The van der Waals surface area contributed by atoms with Crippen LogP contribution < -0.4 is 10.2 Å². The summed E-state index contributed by atoms with van der Waals surface area (Å²) in [5.41, 5.74) is 3.15. The Bertz CT molecular complexity index is 652. The number of guanidine groups is 1. The van der Waals surface area contributed by atoms with Crippen molar-refractivity contribution >= 4 is 11.6 Å². The fourth-order valence-electron chi connectivity index (χ4n) is 5.42. The van der Waals surface area contributed by atoms with Gasteiger partial charge < -0.3 is 15.0 Å². The molecule has 1 saturated heterocycles. The van der Waals surface area contributed by atoms with Crippen LogP contribution in [0.15, 0.2) is 29.3 Å². The van der Waals surface area contributed by atoms with Crippen LogP contribution in [0.4, 0.5) is 5.69 Å². The predicted octanol–water partition coefficient (Wildman–Crippen LogP) is 2.58. The number of fused-ring (bicyclic) bond motifs is 3. The second-order valence-corrected chi connectivity index (χ2v) is 7.53. The SMILES string of the molecule is CN=C(NC1C2CCOC2C12CCC2)N1CCc2ccccc21. The second-order valence-electron chi connectivity index (χ2n) is 7.53. The molecule has 5 rings (SSSR count). The highest BCUT2D eigenvalue weighted by Gasteiger charge is 2.66. The summed E-state index contributed by atoms with van der Waals surface area (Å²) in [4.78, 5) is 6.99. The van der Waals surface area contributed by atoms with Crippen LogP contribution in [0.3, 0.4) is 0 Å². The first-order valence-electron chi connectivity index (χ1n) is 9.04. The molecule has 2 heterocycles. The van der Waals surface area contributed by atoms with Crippen LogP contribution in [0, 0.1) is 11.3 Å². The first-order valence-corrected chi connectivity index (χ1v) is 9.04. The fourth-order valence-corrected chi connectivity index (χ4v) is 5.42. The Morgan fingerprint density at radius 1 is 1.35 bits per heavy atom. The normalized spacial score (nSPS) is 33.9. The van der Waals surface area contributed by atoms with Crippen LogP contribution in [0.25, 0.3) is 0 Å². The third-order valence-corrected chi connectivity index (χ3v) is 6.68. The lowest BCUT2D eigenvalue weighted by atomic mass is 9.46. The third kappa shape index (κ3) is 1.78. The molecule has 1 aromatic carbocycles. The Morgan fingerprint density at radius 2 is 2.22 bits per heavy atom. The molecule has 3 atom stereocenters. The molecule has 2 aliphatic heterocycles. The summed E-state index contributed by atoms with van der Waals surface area (Å²) in [6.07, 6.45) is 6.83. The molecule has 3 unspecified atom stereocenters. The zero-order valence-corrected chi connectivity index (χ0v) is 13.8. The van der Waals surface area contributed by atoms with E-state index in [4.69, 9.17) is 4.74 Å². The van der Waals surface area contributed by atoms with Crippen molar-refractivity contribution in [1.29, 1.82) is 0 Å². The van der Waals surface area contributed by atoms with Crippen LogP contribution >= 0.6 is 0 Å². The van der Waals surface area contributed by atoms with Crippen LogP contribution in [0.2, 0.25) is 0 Å². The standard InChI is InChI=1S/C19H25N3O/c1-20-18(22-11-7-13-5-2-3-6-15(13)22)21-16-14-8-12-23-17(14)19(16)9-4-10-19/h2-3,5-6,14,16-17H,4,7-12H2,1H3,(H,20,21). The summed E-state index contributed by atoms with van der Waals surface area (Å²) >= 11 is 0. The number of anilines is 1. The second kappa shape index (κ2) is 4.97. The lowest BCUT2D eigenvalue weighted by molar-refractivity contribution is -0.171. The predicted molar refractivity (Wildman–Crippen MR) is 91.9 cm³/mol. The van der Waals surface area contributed by atoms with Crippen LogP contribution in [-0.2, 0) is 11.2 Å². The van der Waals surface area contributed by atoms with E-state index in [0.29, 0.717) is 23.5 Å². The van der Waals surface area contributed by atoms with Gasteiger partial charge in [0.2, 0.25) is 0 Å². The number of hydrogen-bond donors (Lipinski definition) is 1. The van der Waals surface area contributed by atoms with E-state index in [9.17, 15) is 0 Å². The van der Waals surface area contributed by atoms with Gasteiger partial charge in [0, 0.05) is 43.3 Å². The van der Waals surface area contributed by atoms with Gasteiger partial charge in [-0.05, 0) is 37.3 Å². The Kier molecular flexibility index (Phi) is 2.99. The highest BCUT2D eigenvalue weighted by atomic mass is 16.5. The third-order valence-electron chi connectivity index (χ3n) is 6.68. The van der Waals surface area contributed by atoms with Crippen molar-refractivity contribution in [3.05, 3.63) is 29.8 Å². The van der Waals surface area contributed by atoms with Crippen LogP contribution in [0.1, 0.15) is 31.2 Å². The molecular weight excluding hydrogens is 286 g/mol. The van der Waals surface area contributed by atoms with Gasteiger partial charge in [0.15, 0.2) is 5.96 Å². The van der Waals surface area contributed by atoms with Gasteiger partial charge in [-0.25, -0.2) is 0 Å². The highest BCUT2D eigenvalue weighted by Crippen LogP contribution is 2.62. The number of rotatable bonds is 1. The number of para-hydroxylation sites is 1. The maximum Gasteiger partial charge on any atom is 0.198 e. The average molecular weight is 311 g/mol. The molecule has 1 spiro atoms. The Hall–Kier alpha value is -1.55. The quantitative estimate of drug-likeness (QED) is 0.640. The molecule has 4 nitrogen and oxygen atoms in total. The first-order chi connectivity index (χ1) is 11.3. The summed E-state index contributed by atoms with van der Waals surface area (Å²) < 4.78 is 6.04. The van der Waals surface area contributed by atoms with Crippen molar-refractivity contribution in [3.63, 3.8) is 0 Å². The van der Waals surface area contributed by atoms with Gasteiger partial charge in [-0.2, -0.15) is 0 Å². The number of benzene rings is 1. The number of hydrogen-bond acceptors (Lipinski definition) is 2. The van der Waals surface area contributed by atoms with E-state index < -0.39 is 0 Å². The molecule has 4 aliphatic rings. The summed E-state index contributed by atoms with van der Waals surface area (Å²) in [7, 11) is 1.91. The largest absolute Gasteiger partial charge is 0.377 e. The molecule has 2 saturated carbocycles. The lowest BCUT2D eigenvalue weighted by Crippen LogP contribution is -2.72. The highest BCUT2D eigenvalue weighted by molar-refractivity contribution is 5.98. The number of nitrogens with zero attached hydrogens (tertiary/aromatic N) is 2. The molecule has 4 heteroatoms. The van der Waals surface area contributed by atoms with Gasteiger partial charge in [0.1, 0.15) is 0 Å². The van der Waals surface area contributed by atoms with Gasteiger partial charge in [0.05, 0.1) is 6.10 Å². The fraction of sp³-hybridized carbons (Fsp3) is 0.632. The summed E-state index contributed by atoms with van der Waals surface area (Å²) in [5, 5.41) is 3.85. The Morgan fingerprint density at radius 3 is 3.00 bits per heavy atom. The number of ether oxygens (including phenoxy) is 1. The molecule has 23 heavy (non-hydrogen) atoms. The van der Waals surface area contributed by atoms with Crippen molar-refractivity contribution in [1.82, 2.24) is 5.32 Å². The zero-order chi connectivity index (χ0) is 15.4. The van der Waals surface area contributed by atoms with Gasteiger partial charge >= 0.3 is 0 Å². The molecule has 1 aromatic rings. The van der Waals surface area contributed by atoms with E-state index in [1.807, 2.05) is 7.05 Å². The molecular formula is C19H25N3O. The maximum atomic E-state index is 6.04. The van der Waals surface area contributed by atoms with Gasteiger partial charge in [-0.1, -0.05) is 24.6 Å². The van der Waals surface area contributed by atoms with E-state index in [0.717, 1.165) is 25.5 Å². The molecule has 0 bridgehead atoms. The van der Waals surface area contributed by atoms with Crippen molar-refractivity contribution in [2.45, 2.75) is 44.2 Å². The van der Waals surface area contributed by atoms with Crippen LogP contribution in [-0.4, -0.2) is 38.3 Å².